The summed E-state index contributed by atoms with van der Waals surface area (Å²) in [6, 6.07) is 5.03. The first-order valence-corrected chi connectivity index (χ1v) is 8.23. The number of rotatable bonds is 1. The van der Waals surface area contributed by atoms with Crippen LogP contribution in [0.15, 0.2) is 22.7 Å². The van der Waals surface area contributed by atoms with E-state index in [4.69, 9.17) is 0 Å². The van der Waals surface area contributed by atoms with Gasteiger partial charge < -0.3 is 4.90 Å². The van der Waals surface area contributed by atoms with Crippen molar-refractivity contribution in [1.82, 2.24) is 4.90 Å². The first kappa shape index (κ1) is 14.1. The van der Waals surface area contributed by atoms with E-state index in [9.17, 15) is 9.18 Å². The number of hydrogen-bond acceptors (Lipinski definition) is 1. The van der Waals surface area contributed by atoms with E-state index >= 15 is 0 Å². The highest BCUT2D eigenvalue weighted by Gasteiger charge is 2.37. The highest BCUT2D eigenvalue weighted by molar-refractivity contribution is 9.10. The molecule has 0 N–H and O–H groups in total. The van der Waals surface area contributed by atoms with E-state index in [1.807, 2.05) is 4.90 Å². The molecule has 1 amide bonds. The van der Waals surface area contributed by atoms with Gasteiger partial charge in [0, 0.05) is 17.1 Å². The second kappa shape index (κ2) is 5.84. The van der Waals surface area contributed by atoms with Gasteiger partial charge in [0.2, 0.25) is 0 Å². The number of piperidine rings is 1. The van der Waals surface area contributed by atoms with Gasteiger partial charge in [0.25, 0.3) is 5.91 Å². The predicted molar refractivity (Wildman–Crippen MR) is 80.1 cm³/mol. The van der Waals surface area contributed by atoms with Gasteiger partial charge in [-0.2, -0.15) is 0 Å². The zero-order valence-electron chi connectivity index (χ0n) is 11.4. The minimum absolute atomic E-state index is 0.147. The maximum atomic E-state index is 14.0. The monoisotopic (exact) mass is 339 g/mol. The van der Waals surface area contributed by atoms with Gasteiger partial charge >= 0.3 is 0 Å². The SMILES string of the molecule is O=C(c1c(F)cccc1Br)N1CCCC2CCCCC21. The molecule has 1 aliphatic heterocycles. The van der Waals surface area contributed by atoms with Crippen LogP contribution in [0, 0.1) is 11.7 Å². The lowest BCUT2D eigenvalue weighted by Crippen LogP contribution is -2.49. The van der Waals surface area contributed by atoms with Crippen molar-refractivity contribution in [2.24, 2.45) is 5.92 Å². The number of carbonyl (C=O) groups is 1. The van der Waals surface area contributed by atoms with Crippen LogP contribution in [0.4, 0.5) is 4.39 Å². The molecule has 1 saturated heterocycles. The molecule has 1 aliphatic carbocycles. The molecule has 0 spiro atoms. The summed E-state index contributed by atoms with van der Waals surface area (Å²) < 4.78 is 14.6. The van der Waals surface area contributed by atoms with Crippen LogP contribution in [0.5, 0.6) is 0 Å². The van der Waals surface area contributed by atoms with E-state index in [0.717, 1.165) is 19.4 Å². The van der Waals surface area contributed by atoms with Crippen molar-refractivity contribution in [1.29, 1.82) is 0 Å². The number of hydrogen-bond donors (Lipinski definition) is 0. The lowest BCUT2D eigenvalue weighted by Gasteiger charge is -2.44. The van der Waals surface area contributed by atoms with Crippen LogP contribution in [-0.2, 0) is 0 Å². The van der Waals surface area contributed by atoms with Gasteiger partial charge in [0.1, 0.15) is 5.82 Å². The van der Waals surface area contributed by atoms with Gasteiger partial charge in [-0.25, -0.2) is 4.39 Å². The van der Waals surface area contributed by atoms with E-state index in [1.165, 1.54) is 31.7 Å². The van der Waals surface area contributed by atoms with Crippen molar-refractivity contribution in [3.8, 4) is 0 Å². The summed E-state index contributed by atoms with van der Waals surface area (Å²) in [5.41, 5.74) is 0.193. The molecule has 1 aromatic rings. The molecule has 3 rings (SSSR count). The molecule has 2 aliphatic rings. The van der Waals surface area contributed by atoms with Crippen molar-refractivity contribution in [3.05, 3.63) is 34.1 Å². The van der Waals surface area contributed by atoms with Crippen LogP contribution >= 0.6 is 15.9 Å². The van der Waals surface area contributed by atoms with E-state index in [2.05, 4.69) is 15.9 Å². The quantitative estimate of drug-likeness (QED) is 0.743. The van der Waals surface area contributed by atoms with E-state index in [-0.39, 0.29) is 11.5 Å². The average molecular weight is 340 g/mol. The molecule has 20 heavy (non-hydrogen) atoms. The molecular weight excluding hydrogens is 321 g/mol. The number of likely N-dealkylation sites (tertiary alicyclic amines) is 1. The van der Waals surface area contributed by atoms with Crippen LogP contribution in [0.25, 0.3) is 0 Å². The van der Waals surface area contributed by atoms with Crippen molar-refractivity contribution in [3.63, 3.8) is 0 Å². The number of fused-ring (bicyclic) bond motifs is 1. The standard InChI is InChI=1S/C16H19BrFNO/c17-12-7-3-8-13(18)15(12)16(20)19-10-4-6-11-5-1-2-9-14(11)19/h3,7-8,11,14H,1-2,4-6,9-10H2. The summed E-state index contributed by atoms with van der Waals surface area (Å²) in [7, 11) is 0. The molecule has 0 radical (unpaired) electrons. The molecule has 2 unspecified atom stereocenters. The Morgan fingerprint density at radius 1 is 1.20 bits per heavy atom. The van der Waals surface area contributed by atoms with Crippen LogP contribution in [-0.4, -0.2) is 23.4 Å². The Labute approximate surface area is 127 Å². The van der Waals surface area contributed by atoms with Crippen molar-refractivity contribution in [2.75, 3.05) is 6.54 Å². The fourth-order valence-electron chi connectivity index (χ4n) is 3.72. The fourth-order valence-corrected chi connectivity index (χ4v) is 4.23. The molecule has 108 valence electrons. The summed E-state index contributed by atoms with van der Waals surface area (Å²) in [4.78, 5) is 14.7. The second-order valence-corrected chi connectivity index (χ2v) is 6.70. The molecular formula is C16H19BrFNO. The maximum Gasteiger partial charge on any atom is 0.258 e. The van der Waals surface area contributed by atoms with Crippen LogP contribution in [0.1, 0.15) is 48.9 Å². The first-order valence-electron chi connectivity index (χ1n) is 7.43. The number of amides is 1. The smallest absolute Gasteiger partial charge is 0.258 e. The zero-order valence-corrected chi connectivity index (χ0v) is 13.0. The molecule has 4 heteroatoms. The van der Waals surface area contributed by atoms with Gasteiger partial charge in [-0.05, 0) is 59.7 Å². The summed E-state index contributed by atoms with van der Waals surface area (Å²) in [5.74, 6) is 0.0425. The van der Waals surface area contributed by atoms with Gasteiger partial charge in [-0.15, -0.1) is 0 Å². The van der Waals surface area contributed by atoms with Crippen LogP contribution in [0.2, 0.25) is 0 Å². The van der Waals surface area contributed by atoms with E-state index in [1.54, 1.807) is 12.1 Å². The normalized spacial score (nSPS) is 26.2. The van der Waals surface area contributed by atoms with Gasteiger partial charge in [-0.3, -0.25) is 4.79 Å². The highest BCUT2D eigenvalue weighted by atomic mass is 79.9. The maximum absolute atomic E-state index is 14.0. The van der Waals surface area contributed by atoms with Gasteiger partial charge in [0.05, 0.1) is 5.56 Å². The highest BCUT2D eigenvalue weighted by Crippen LogP contribution is 2.36. The third kappa shape index (κ3) is 2.50. The molecule has 1 aromatic carbocycles. The Bertz CT molecular complexity index is 497. The molecule has 2 nitrogen and oxygen atoms in total. The summed E-state index contributed by atoms with van der Waals surface area (Å²) in [6.45, 7) is 0.765. The lowest BCUT2D eigenvalue weighted by molar-refractivity contribution is 0.0385. The lowest BCUT2D eigenvalue weighted by atomic mass is 9.78. The fraction of sp³-hybridized carbons (Fsp3) is 0.562. The zero-order chi connectivity index (χ0) is 14.1. The minimum atomic E-state index is -0.428. The van der Waals surface area contributed by atoms with Gasteiger partial charge in [0.15, 0.2) is 0 Å². The van der Waals surface area contributed by atoms with Crippen LogP contribution < -0.4 is 0 Å². The summed E-state index contributed by atoms with van der Waals surface area (Å²) in [6.07, 6.45) is 7.00. The Kier molecular flexibility index (Phi) is 4.11. The van der Waals surface area contributed by atoms with Crippen LogP contribution in [0.3, 0.4) is 0 Å². The average Bonchev–Trinajstić information content (AvgIpc) is 2.46. The van der Waals surface area contributed by atoms with Crippen molar-refractivity contribution in [2.45, 2.75) is 44.6 Å². The second-order valence-electron chi connectivity index (χ2n) is 5.85. The Morgan fingerprint density at radius 3 is 2.75 bits per heavy atom. The third-order valence-electron chi connectivity index (χ3n) is 4.68. The Morgan fingerprint density at radius 2 is 1.95 bits per heavy atom. The molecule has 0 bridgehead atoms. The predicted octanol–water partition coefficient (Wildman–Crippen LogP) is 4.38. The largest absolute Gasteiger partial charge is 0.335 e. The van der Waals surface area contributed by atoms with Crippen molar-refractivity contribution < 1.29 is 9.18 Å². The topological polar surface area (TPSA) is 20.3 Å². The molecule has 0 aromatic heterocycles. The number of benzene rings is 1. The van der Waals surface area contributed by atoms with Gasteiger partial charge in [-0.1, -0.05) is 18.9 Å². The van der Waals surface area contributed by atoms with E-state index in [0.29, 0.717) is 16.4 Å². The van der Waals surface area contributed by atoms with E-state index < -0.39 is 5.82 Å². The minimum Gasteiger partial charge on any atom is -0.335 e. The molecule has 2 atom stereocenters. The molecule has 1 saturated carbocycles. The number of carbonyl (C=O) groups excluding carboxylic acids is 1. The number of halogens is 2. The summed E-state index contributed by atoms with van der Waals surface area (Å²) >= 11 is 3.31. The Hall–Kier alpha value is -0.900. The Balaban J connectivity index is 1.89. The molecule has 2 fully saturated rings. The first-order chi connectivity index (χ1) is 9.68. The molecule has 1 heterocycles. The third-order valence-corrected chi connectivity index (χ3v) is 5.34. The van der Waals surface area contributed by atoms with Crippen molar-refractivity contribution >= 4 is 21.8 Å². The number of nitrogens with zero attached hydrogens (tertiary/aromatic N) is 1. The summed E-state index contributed by atoms with van der Waals surface area (Å²) in [5, 5.41) is 0.